The maximum Gasteiger partial charge on any atom is 0.310 e. The summed E-state index contributed by atoms with van der Waals surface area (Å²) < 4.78 is 29.8. The van der Waals surface area contributed by atoms with Crippen LogP contribution in [0.4, 0.5) is 20.2 Å². The lowest BCUT2D eigenvalue weighted by molar-refractivity contribution is -0.153. The summed E-state index contributed by atoms with van der Waals surface area (Å²) in [5.74, 6) is -9.60. The minimum Gasteiger partial charge on any atom is -0.481 e. The summed E-state index contributed by atoms with van der Waals surface area (Å²) in [5.41, 5.74) is -1.73. The molecule has 0 aromatic heterocycles. The molecule has 13 heteroatoms. The maximum absolute atomic E-state index is 14.9. The first-order valence-electron chi connectivity index (χ1n) is 11.3. The van der Waals surface area contributed by atoms with Crippen LogP contribution in [0.25, 0.3) is 0 Å². The molecule has 3 heterocycles. The number of nitrogens with zero attached hydrogens (tertiary/aromatic N) is 2. The molecule has 2 saturated heterocycles. The predicted octanol–water partition coefficient (Wildman–Crippen LogP) is 5.54. The molecule has 2 fully saturated rings. The van der Waals surface area contributed by atoms with Crippen LogP contribution in [0.15, 0.2) is 30.3 Å². The van der Waals surface area contributed by atoms with Crippen LogP contribution in [0.5, 0.6) is 0 Å². The molecule has 0 radical (unpaired) electrons. The number of rotatable bonds is 4. The molecule has 5 rings (SSSR count). The van der Waals surface area contributed by atoms with E-state index in [-0.39, 0.29) is 43.6 Å². The van der Waals surface area contributed by atoms with Crippen molar-refractivity contribution in [2.75, 3.05) is 23.3 Å². The highest BCUT2D eigenvalue weighted by atomic mass is 35.5. The molecule has 37 heavy (non-hydrogen) atoms. The van der Waals surface area contributed by atoms with E-state index in [4.69, 9.17) is 46.4 Å². The van der Waals surface area contributed by atoms with Crippen LogP contribution in [-0.2, 0) is 19.9 Å². The van der Waals surface area contributed by atoms with E-state index in [1.807, 2.05) is 0 Å². The highest BCUT2D eigenvalue weighted by Crippen LogP contribution is 2.61. The lowest BCUT2D eigenvalue weighted by atomic mass is 9.73. The average molecular weight is 593 g/mol. The van der Waals surface area contributed by atoms with Crippen molar-refractivity contribution in [3.8, 4) is 0 Å². The van der Waals surface area contributed by atoms with E-state index in [0.29, 0.717) is 0 Å². The second kappa shape index (κ2) is 8.95. The number of aliphatic carboxylic acids is 1. The Balaban J connectivity index is 1.73. The Morgan fingerprint density at radius 2 is 1.73 bits per heavy atom. The fourth-order valence-electron chi connectivity index (χ4n) is 6.12. The highest BCUT2D eigenvalue weighted by molar-refractivity contribution is 6.38. The minimum absolute atomic E-state index is 0.0258. The number of carboxylic acid groups (broad SMARTS) is 1. The number of hydrogen-bond acceptors (Lipinski definition) is 4. The van der Waals surface area contributed by atoms with Gasteiger partial charge in [-0.25, -0.2) is 8.78 Å². The molecule has 3 aliphatic rings. The minimum atomic E-state index is -3.28. The Kier molecular flexibility index (Phi) is 6.39. The van der Waals surface area contributed by atoms with Crippen LogP contribution < -0.4 is 10.2 Å². The lowest BCUT2D eigenvalue weighted by Gasteiger charge is -2.36. The van der Waals surface area contributed by atoms with Crippen molar-refractivity contribution in [3.63, 3.8) is 0 Å². The molecule has 1 unspecified atom stereocenters. The van der Waals surface area contributed by atoms with Crippen LogP contribution in [0.2, 0.25) is 20.1 Å². The van der Waals surface area contributed by atoms with Gasteiger partial charge in [0.25, 0.3) is 11.8 Å². The van der Waals surface area contributed by atoms with Gasteiger partial charge in [0.15, 0.2) is 0 Å². The number of nitrogens with one attached hydrogen (secondary N) is 1. The summed E-state index contributed by atoms with van der Waals surface area (Å²) in [7, 11) is 0. The van der Waals surface area contributed by atoms with Gasteiger partial charge in [-0.1, -0.05) is 46.4 Å². The second-order valence-corrected chi connectivity index (χ2v) is 11.1. The zero-order valence-electron chi connectivity index (χ0n) is 19.1. The molecule has 0 saturated carbocycles. The summed E-state index contributed by atoms with van der Waals surface area (Å²) in [4.78, 5) is 43.0. The van der Waals surface area contributed by atoms with Crippen molar-refractivity contribution in [1.29, 1.82) is 0 Å². The molecule has 2 N–H and O–H groups in total. The van der Waals surface area contributed by atoms with E-state index < -0.39 is 60.1 Å². The van der Waals surface area contributed by atoms with Gasteiger partial charge in [-0.15, -0.1) is 0 Å². The molecule has 0 aliphatic carbocycles. The van der Waals surface area contributed by atoms with Gasteiger partial charge in [-0.2, -0.15) is 0 Å². The number of benzene rings is 2. The Morgan fingerprint density at radius 3 is 2.32 bits per heavy atom. The van der Waals surface area contributed by atoms with Gasteiger partial charge in [-0.3, -0.25) is 19.3 Å². The zero-order chi connectivity index (χ0) is 27.0. The van der Waals surface area contributed by atoms with Gasteiger partial charge in [0.2, 0.25) is 5.91 Å². The van der Waals surface area contributed by atoms with Crippen molar-refractivity contribution in [2.24, 2.45) is 11.8 Å². The molecule has 2 aromatic carbocycles. The molecule has 3 aliphatic heterocycles. The lowest BCUT2D eigenvalue weighted by Crippen LogP contribution is -2.54. The topological polar surface area (TPSA) is 90.0 Å². The first kappa shape index (κ1) is 26.4. The quantitative estimate of drug-likeness (QED) is 0.486. The van der Waals surface area contributed by atoms with Gasteiger partial charge in [0.05, 0.1) is 23.2 Å². The summed E-state index contributed by atoms with van der Waals surface area (Å²) >= 11 is 24.7. The fraction of sp³-hybridized carbons (Fsp3) is 0.375. The normalized spacial score (nSPS) is 27.8. The molecule has 2 amide bonds. The SMILES string of the molecule is CCN(C(=O)[C@H]1[C@H]2CC(F)(F)CN2C2(C(=O)Nc3c(Cl)cc(Cl)cc32)[C@H]1C(=O)O)c1cc(Cl)cc(Cl)c1. The van der Waals surface area contributed by atoms with E-state index in [2.05, 4.69) is 5.32 Å². The third kappa shape index (κ3) is 3.89. The first-order chi connectivity index (χ1) is 17.3. The second-order valence-electron chi connectivity index (χ2n) is 9.34. The van der Waals surface area contributed by atoms with E-state index in [9.17, 15) is 28.3 Å². The number of carbonyl (C=O) groups is 3. The Labute approximate surface area is 230 Å². The summed E-state index contributed by atoms with van der Waals surface area (Å²) in [5, 5.41) is 13.6. The van der Waals surface area contributed by atoms with Crippen molar-refractivity contribution in [3.05, 3.63) is 56.0 Å². The molecule has 1 spiro atoms. The number of alkyl halides is 2. The third-order valence-electron chi connectivity index (χ3n) is 7.33. The van der Waals surface area contributed by atoms with E-state index >= 15 is 0 Å². The number of hydrogen-bond donors (Lipinski definition) is 2. The van der Waals surface area contributed by atoms with Gasteiger partial charge < -0.3 is 15.3 Å². The van der Waals surface area contributed by atoms with Crippen molar-refractivity contribution in [2.45, 2.75) is 30.8 Å². The molecular formula is C24H19Cl4F2N3O4. The molecule has 196 valence electrons. The zero-order valence-corrected chi connectivity index (χ0v) is 22.1. The molecule has 2 aromatic rings. The maximum atomic E-state index is 14.9. The summed E-state index contributed by atoms with van der Waals surface area (Å²) in [6.07, 6.45) is -0.806. The number of halogens is 6. The van der Waals surface area contributed by atoms with Crippen LogP contribution >= 0.6 is 46.4 Å². The van der Waals surface area contributed by atoms with Gasteiger partial charge in [0.1, 0.15) is 11.5 Å². The Morgan fingerprint density at radius 1 is 1.11 bits per heavy atom. The van der Waals surface area contributed by atoms with Crippen LogP contribution in [0.3, 0.4) is 0 Å². The van der Waals surface area contributed by atoms with Gasteiger partial charge in [-0.05, 0) is 37.3 Å². The largest absolute Gasteiger partial charge is 0.481 e. The number of carboxylic acids is 1. The van der Waals surface area contributed by atoms with E-state index in [0.717, 1.165) is 4.90 Å². The van der Waals surface area contributed by atoms with E-state index in [1.165, 1.54) is 35.2 Å². The highest BCUT2D eigenvalue weighted by Gasteiger charge is 2.74. The Hall–Kier alpha value is -2.17. The number of carbonyl (C=O) groups excluding carboxylic acids is 2. The number of anilines is 2. The molecule has 7 nitrogen and oxygen atoms in total. The van der Waals surface area contributed by atoms with E-state index in [1.54, 1.807) is 6.92 Å². The number of amides is 2. The first-order valence-corrected chi connectivity index (χ1v) is 12.8. The van der Waals surface area contributed by atoms with Crippen molar-refractivity contribution >= 4 is 75.6 Å². The molecular weight excluding hydrogens is 574 g/mol. The van der Waals surface area contributed by atoms with Crippen LogP contribution in [0, 0.1) is 11.8 Å². The predicted molar refractivity (Wildman–Crippen MR) is 136 cm³/mol. The average Bonchev–Trinajstić information content (AvgIpc) is 3.34. The summed E-state index contributed by atoms with van der Waals surface area (Å²) in [6.45, 7) is 0.789. The Bertz CT molecular complexity index is 1340. The summed E-state index contributed by atoms with van der Waals surface area (Å²) in [6, 6.07) is 5.82. The third-order valence-corrected chi connectivity index (χ3v) is 8.28. The fourth-order valence-corrected chi connectivity index (χ4v) is 7.18. The smallest absolute Gasteiger partial charge is 0.310 e. The van der Waals surface area contributed by atoms with Gasteiger partial charge >= 0.3 is 5.97 Å². The van der Waals surface area contributed by atoms with Crippen molar-refractivity contribution in [1.82, 2.24) is 4.90 Å². The van der Waals surface area contributed by atoms with Crippen LogP contribution in [-0.4, -0.2) is 52.8 Å². The molecule has 4 atom stereocenters. The molecule has 0 bridgehead atoms. The van der Waals surface area contributed by atoms with Crippen LogP contribution in [0.1, 0.15) is 18.9 Å². The van der Waals surface area contributed by atoms with Crippen molar-refractivity contribution < 1.29 is 28.3 Å². The number of fused-ring (bicyclic) bond motifs is 4. The monoisotopic (exact) mass is 591 g/mol. The standard InChI is InChI=1S/C24H19Cl4F2N3O4/c1-2-32(13-4-10(25)3-11(26)5-13)20(34)17-16-8-23(29,30)9-33(16)24(18(17)21(35)36)14-6-12(27)7-15(28)19(14)31-22(24)37/h3-7,16-18H,2,8-9H2,1H3,(H,31,37)(H,35,36)/t16-,17+,18-,24?/m1/s1. The van der Waals surface area contributed by atoms with Gasteiger partial charge in [0, 0.05) is 45.3 Å².